The molecule has 0 atom stereocenters. The van der Waals surface area contributed by atoms with Gasteiger partial charge in [-0.15, -0.1) is 0 Å². The number of hydrogen-bond donors (Lipinski definition) is 2. The van der Waals surface area contributed by atoms with Crippen molar-refractivity contribution in [1.29, 1.82) is 0 Å². The minimum absolute atomic E-state index is 0.410. The van der Waals surface area contributed by atoms with Crippen molar-refractivity contribution in [2.75, 3.05) is 25.5 Å². The second kappa shape index (κ2) is 4.65. The SMILES string of the molecule is COc1cc(NCC2(CCN)CC2)ncn1. The average molecular weight is 222 g/mol. The van der Waals surface area contributed by atoms with Gasteiger partial charge in [-0.05, 0) is 31.2 Å². The Hall–Kier alpha value is -1.36. The molecule has 0 saturated heterocycles. The third-order valence-electron chi connectivity index (χ3n) is 3.13. The Balaban J connectivity index is 1.89. The summed E-state index contributed by atoms with van der Waals surface area (Å²) in [5.74, 6) is 1.40. The summed E-state index contributed by atoms with van der Waals surface area (Å²) in [6.45, 7) is 1.69. The largest absolute Gasteiger partial charge is 0.481 e. The summed E-state index contributed by atoms with van der Waals surface area (Å²) in [4.78, 5) is 8.11. The van der Waals surface area contributed by atoms with Gasteiger partial charge < -0.3 is 15.8 Å². The monoisotopic (exact) mass is 222 g/mol. The van der Waals surface area contributed by atoms with Crippen LogP contribution >= 0.6 is 0 Å². The zero-order valence-electron chi connectivity index (χ0n) is 9.57. The first-order chi connectivity index (χ1) is 7.78. The Bertz CT molecular complexity index is 352. The van der Waals surface area contributed by atoms with Crippen molar-refractivity contribution in [3.05, 3.63) is 12.4 Å². The van der Waals surface area contributed by atoms with Gasteiger partial charge in [0.2, 0.25) is 5.88 Å². The van der Waals surface area contributed by atoms with E-state index in [-0.39, 0.29) is 0 Å². The molecule has 0 amide bonds. The number of hydrogen-bond acceptors (Lipinski definition) is 5. The predicted molar refractivity (Wildman–Crippen MR) is 62.4 cm³/mol. The second-order valence-electron chi connectivity index (χ2n) is 4.34. The number of anilines is 1. The van der Waals surface area contributed by atoms with Crippen LogP contribution in [0.2, 0.25) is 0 Å². The lowest BCUT2D eigenvalue weighted by Crippen LogP contribution is -2.19. The lowest BCUT2D eigenvalue weighted by Gasteiger charge is -2.15. The first-order valence-electron chi connectivity index (χ1n) is 5.58. The molecule has 3 N–H and O–H groups in total. The molecule has 1 saturated carbocycles. The van der Waals surface area contributed by atoms with Gasteiger partial charge in [0.1, 0.15) is 12.1 Å². The number of nitrogens with one attached hydrogen (secondary N) is 1. The van der Waals surface area contributed by atoms with Crippen molar-refractivity contribution in [2.45, 2.75) is 19.3 Å². The number of nitrogens with two attached hydrogens (primary N) is 1. The summed E-state index contributed by atoms with van der Waals surface area (Å²) in [6, 6.07) is 1.80. The maximum Gasteiger partial charge on any atom is 0.218 e. The highest BCUT2D eigenvalue weighted by molar-refractivity contribution is 5.37. The topological polar surface area (TPSA) is 73.1 Å². The van der Waals surface area contributed by atoms with Gasteiger partial charge in [-0.2, -0.15) is 0 Å². The van der Waals surface area contributed by atoms with E-state index in [1.165, 1.54) is 19.2 Å². The van der Waals surface area contributed by atoms with Gasteiger partial charge in [-0.1, -0.05) is 0 Å². The predicted octanol–water partition coefficient (Wildman–Crippen LogP) is 1.03. The average Bonchev–Trinajstić information content (AvgIpc) is 3.08. The molecule has 1 aromatic heterocycles. The molecule has 2 rings (SSSR count). The number of ether oxygens (including phenoxy) is 1. The molecule has 0 spiro atoms. The van der Waals surface area contributed by atoms with E-state index in [4.69, 9.17) is 10.5 Å². The van der Waals surface area contributed by atoms with Crippen LogP contribution in [0.4, 0.5) is 5.82 Å². The van der Waals surface area contributed by atoms with E-state index < -0.39 is 0 Å². The Morgan fingerprint density at radius 2 is 2.31 bits per heavy atom. The molecule has 16 heavy (non-hydrogen) atoms. The van der Waals surface area contributed by atoms with Gasteiger partial charge in [0.05, 0.1) is 7.11 Å². The molecule has 88 valence electrons. The number of aromatic nitrogens is 2. The third kappa shape index (κ3) is 2.61. The van der Waals surface area contributed by atoms with Gasteiger partial charge in [-0.25, -0.2) is 9.97 Å². The summed E-state index contributed by atoms with van der Waals surface area (Å²) in [5.41, 5.74) is 6.01. The van der Waals surface area contributed by atoms with Crippen LogP contribution in [0.1, 0.15) is 19.3 Å². The van der Waals surface area contributed by atoms with Crippen LogP contribution in [-0.4, -0.2) is 30.2 Å². The molecule has 5 nitrogen and oxygen atoms in total. The minimum Gasteiger partial charge on any atom is -0.481 e. The van der Waals surface area contributed by atoms with Crippen molar-refractivity contribution in [3.63, 3.8) is 0 Å². The lowest BCUT2D eigenvalue weighted by molar-refractivity contribution is 0.397. The van der Waals surface area contributed by atoms with E-state index in [0.29, 0.717) is 11.3 Å². The van der Waals surface area contributed by atoms with Crippen molar-refractivity contribution in [1.82, 2.24) is 9.97 Å². The quantitative estimate of drug-likeness (QED) is 0.752. The van der Waals surface area contributed by atoms with Crippen molar-refractivity contribution in [3.8, 4) is 5.88 Å². The molecule has 1 fully saturated rings. The summed E-state index contributed by atoms with van der Waals surface area (Å²) in [5, 5.41) is 3.32. The maximum absolute atomic E-state index is 5.60. The molecule has 1 aliphatic carbocycles. The molecule has 0 bridgehead atoms. The number of nitrogens with zero attached hydrogens (tertiary/aromatic N) is 2. The smallest absolute Gasteiger partial charge is 0.218 e. The highest BCUT2D eigenvalue weighted by atomic mass is 16.5. The van der Waals surface area contributed by atoms with Crippen molar-refractivity contribution >= 4 is 5.82 Å². The van der Waals surface area contributed by atoms with Crippen LogP contribution < -0.4 is 15.8 Å². The minimum atomic E-state index is 0.410. The summed E-state index contributed by atoms with van der Waals surface area (Å²) < 4.78 is 5.04. The van der Waals surface area contributed by atoms with Crippen LogP contribution in [0.3, 0.4) is 0 Å². The fourth-order valence-electron chi connectivity index (χ4n) is 1.82. The molecule has 0 radical (unpaired) electrons. The van der Waals surface area contributed by atoms with Crippen molar-refractivity contribution < 1.29 is 4.74 Å². The molecule has 5 heteroatoms. The molecule has 0 aliphatic heterocycles. The van der Waals surface area contributed by atoms with E-state index >= 15 is 0 Å². The van der Waals surface area contributed by atoms with Gasteiger partial charge in [-0.3, -0.25) is 0 Å². The van der Waals surface area contributed by atoms with Gasteiger partial charge in [0, 0.05) is 12.6 Å². The highest BCUT2D eigenvalue weighted by Gasteiger charge is 2.41. The Morgan fingerprint density at radius 1 is 1.50 bits per heavy atom. The first kappa shape index (κ1) is 11.1. The first-order valence-corrected chi connectivity index (χ1v) is 5.58. The van der Waals surface area contributed by atoms with Crippen molar-refractivity contribution in [2.24, 2.45) is 11.1 Å². The van der Waals surface area contributed by atoms with Gasteiger partial charge >= 0.3 is 0 Å². The lowest BCUT2D eigenvalue weighted by atomic mass is 10.0. The fraction of sp³-hybridized carbons (Fsp3) is 0.636. The third-order valence-corrected chi connectivity index (χ3v) is 3.13. The summed E-state index contributed by atoms with van der Waals surface area (Å²) >= 11 is 0. The Kier molecular flexibility index (Phi) is 3.24. The highest BCUT2D eigenvalue weighted by Crippen LogP contribution is 2.48. The molecule has 0 aromatic carbocycles. The molecule has 1 aromatic rings. The molecular formula is C11H18N4O. The summed E-state index contributed by atoms with van der Waals surface area (Å²) in [6.07, 6.45) is 5.12. The molecular weight excluding hydrogens is 204 g/mol. The van der Waals surface area contributed by atoms with Gasteiger partial charge in [0.15, 0.2) is 0 Å². The Morgan fingerprint density at radius 3 is 2.94 bits per heavy atom. The van der Waals surface area contributed by atoms with Gasteiger partial charge in [0.25, 0.3) is 0 Å². The Labute approximate surface area is 95.4 Å². The molecule has 1 heterocycles. The van der Waals surface area contributed by atoms with Crippen LogP contribution in [0.25, 0.3) is 0 Å². The van der Waals surface area contributed by atoms with Crippen LogP contribution in [0.15, 0.2) is 12.4 Å². The van der Waals surface area contributed by atoms with E-state index in [1.807, 2.05) is 0 Å². The van der Waals surface area contributed by atoms with E-state index in [1.54, 1.807) is 13.2 Å². The number of rotatable bonds is 6. The van der Waals surface area contributed by atoms with E-state index in [2.05, 4.69) is 15.3 Å². The maximum atomic E-state index is 5.60. The normalized spacial score (nSPS) is 16.9. The zero-order valence-corrected chi connectivity index (χ0v) is 9.57. The molecule has 0 unspecified atom stereocenters. The second-order valence-corrected chi connectivity index (χ2v) is 4.34. The molecule has 1 aliphatic rings. The van der Waals surface area contributed by atoms with E-state index in [0.717, 1.165) is 25.3 Å². The summed E-state index contributed by atoms with van der Waals surface area (Å²) in [7, 11) is 1.60. The van der Waals surface area contributed by atoms with Crippen LogP contribution in [0.5, 0.6) is 5.88 Å². The standard InChI is InChI=1S/C11H18N4O/c1-16-10-6-9(14-8-15-10)13-7-11(2-3-11)4-5-12/h6,8H,2-5,7,12H2,1H3,(H,13,14,15). The zero-order chi connectivity index (χ0) is 11.4. The van der Waals surface area contributed by atoms with Crippen LogP contribution in [0, 0.1) is 5.41 Å². The fourth-order valence-corrected chi connectivity index (χ4v) is 1.82. The van der Waals surface area contributed by atoms with Crippen LogP contribution in [-0.2, 0) is 0 Å². The number of methoxy groups -OCH3 is 1. The van der Waals surface area contributed by atoms with E-state index in [9.17, 15) is 0 Å².